The molecule has 0 aromatic heterocycles. The van der Waals surface area contributed by atoms with Crippen LogP contribution in [0.5, 0.6) is 0 Å². The molecule has 4 N–H and O–H groups in total. The van der Waals surface area contributed by atoms with Gasteiger partial charge in [-0.05, 0) is 43.9 Å². The summed E-state index contributed by atoms with van der Waals surface area (Å²) in [7, 11) is 0. The Morgan fingerprint density at radius 3 is 2.80 bits per heavy atom. The van der Waals surface area contributed by atoms with Crippen molar-refractivity contribution >= 4 is 11.4 Å². The summed E-state index contributed by atoms with van der Waals surface area (Å²) in [5.41, 5.74) is 8.19. The van der Waals surface area contributed by atoms with Crippen LogP contribution in [0.1, 0.15) is 24.8 Å². The van der Waals surface area contributed by atoms with Crippen LogP contribution in [-0.4, -0.2) is 17.3 Å². The summed E-state index contributed by atoms with van der Waals surface area (Å²) in [6.45, 7) is 2.61. The monoisotopic (exact) mass is 206 g/mol. The van der Waals surface area contributed by atoms with E-state index in [0.29, 0.717) is 6.54 Å². The summed E-state index contributed by atoms with van der Waals surface area (Å²) in [5.74, 6) is 0. The second-order valence-electron chi connectivity index (χ2n) is 4.45. The third kappa shape index (κ3) is 2.07. The predicted octanol–water partition coefficient (Wildman–Crippen LogP) is 1.90. The van der Waals surface area contributed by atoms with Gasteiger partial charge in [0.25, 0.3) is 0 Å². The normalized spacial score (nSPS) is 18.3. The molecule has 0 saturated heterocycles. The Bertz CT molecular complexity index is 359. The van der Waals surface area contributed by atoms with E-state index in [1.807, 2.05) is 25.1 Å². The number of hydrogen-bond donors (Lipinski definition) is 3. The van der Waals surface area contributed by atoms with Crippen molar-refractivity contribution in [1.29, 1.82) is 0 Å². The van der Waals surface area contributed by atoms with Crippen LogP contribution >= 0.6 is 0 Å². The summed E-state index contributed by atoms with van der Waals surface area (Å²) in [6.07, 6.45) is 2.94. The van der Waals surface area contributed by atoms with E-state index < -0.39 is 5.60 Å². The lowest BCUT2D eigenvalue weighted by molar-refractivity contribution is -0.0202. The lowest BCUT2D eigenvalue weighted by Gasteiger charge is -2.37. The number of hydrogen-bond acceptors (Lipinski definition) is 3. The third-order valence-corrected chi connectivity index (χ3v) is 3.27. The SMILES string of the molecule is Cc1c(N)cccc1NCC1(O)CCC1. The molecule has 1 aromatic carbocycles. The molecule has 15 heavy (non-hydrogen) atoms. The minimum Gasteiger partial charge on any atom is -0.398 e. The maximum atomic E-state index is 9.94. The minimum absolute atomic E-state index is 0.489. The number of nitrogens with two attached hydrogens (primary N) is 1. The second-order valence-corrected chi connectivity index (χ2v) is 4.45. The number of nitrogens with one attached hydrogen (secondary N) is 1. The Balaban J connectivity index is 2.01. The molecule has 0 aliphatic heterocycles. The highest BCUT2D eigenvalue weighted by molar-refractivity contribution is 5.62. The van der Waals surface area contributed by atoms with E-state index in [1.165, 1.54) is 0 Å². The first kappa shape index (κ1) is 10.3. The predicted molar refractivity (Wildman–Crippen MR) is 62.9 cm³/mol. The van der Waals surface area contributed by atoms with Gasteiger partial charge < -0.3 is 16.2 Å². The standard InChI is InChI=1S/C12H18N2O/c1-9-10(13)4-2-5-11(9)14-8-12(15)6-3-7-12/h2,4-5,14-15H,3,6-8,13H2,1H3. The van der Waals surface area contributed by atoms with Crippen LogP contribution in [0.4, 0.5) is 11.4 Å². The summed E-state index contributed by atoms with van der Waals surface area (Å²) < 4.78 is 0. The van der Waals surface area contributed by atoms with Gasteiger partial charge in [0.05, 0.1) is 5.60 Å². The average Bonchev–Trinajstić information content (AvgIpc) is 2.17. The van der Waals surface area contributed by atoms with E-state index in [2.05, 4.69) is 5.32 Å². The van der Waals surface area contributed by atoms with E-state index in [0.717, 1.165) is 36.2 Å². The van der Waals surface area contributed by atoms with E-state index in [1.54, 1.807) is 0 Å². The lowest BCUT2D eigenvalue weighted by Crippen LogP contribution is -2.43. The maximum Gasteiger partial charge on any atom is 0.0819 e. The van der Waals surface area contributed by atoms with Crippen molar-refractivity contribution in [1.82, 2.24) is 0 Å². The molecule has 82 valence electrons. The zero-order valence-corrected chi connectivity index (χ0v) is 9.09. The molecule has 3 nitrogen and oxygen atoms in total. The van der Waals surface area contributed by atoms with E-state index in [4.69, 9.17) is 5.73 Å². The van der Waals surface area contributed by atoms with Gasteiger partial charge in [0.15, 0.2) is 0 Å². The van der Waals surface area contributed by atoms with Crippen LogP contribution in [0.25, 0.3) is 0 Å². The fraction of sp³-hybridized carbons (Fsp3) is 0.500. The molecule has 3 heteroatoms. The van der Waals surface area contributed by atoms with Crippen molar-refractivity contribution in [3.8, 4) is 0 Å². The third-order valence-electron chi connectivity index (χ3n) is 3.27. The van der Waals surface area contributed by atoms with Crippen LogP contribution in [0.2, 0.25) is 0 Å². The molecule has 0 atom stereocenters. The number of benzene rings is 1. The van der Waals surface area contributed by atoms with Crippen LogP contribution in [0, 0.1) is 6.92 Å². The highest BCUT2D eigenvalue weighted by Gasteiger charge is 2.33. The van der Waals surface area contributed by atoms with Crippen LogP contribution in [0.3, 0.4) is 0 Å². The molecule has 1 aromatic rings. The zero-order valence-electron chi connectivity index (χ0n) is 9.09. The summed E-state index contributed by atoms with van der Waals surface area (Å²) in [6, 6.07) is 5.81. The number of rotatable bonds is 3. The topological polar surface area (TPSA) is 58.3 Å². The van der Waals surface area contributed by atoms with Crippen molar-refractivity contribution in [2.45, 2.75) is 31.8 Å². The molecule has 1 saturated carbocycles. The van der Waals surface area contributed by atoms with Crippen LogP contribution in [-0.2, 0) is 0 Å². The highest BCUT2D eigenvalue weighted by atomic mass is 16.3. The Morgan fingerprint density at radius 1 is 1.47 bits per heavy atom. The van der Waals surface area contributed by atoms with Gasteiger partial charge in [0, 0.05) is 17.9 Å². The fourth-order valence-corrected chi connectivity index (χ4v) is 1.87. The Morgan fingerprint density at radius 2 is 2.20 bits per heavy atom. The van der Waals surface area contributed by atoms with Crippen molar-refractivity contribution in [3.05, 3.63) is 23.8 Å². The molecule has 0 amide bonds. The van der Waals surface area contributed by atoms with Gasteiger partial charge in [-0.15, -0.1) is 0 Å². The van der Waals surface area contributed by atoms with Gasteiger partial charge in [-0.3, -0.25) is 0 Å². The molecule has 1 aliphatic carbocycles. The molecule has 0 radical (unpaired) electrons. The smallest absolute Gasteiger partial charge is 0.0819 e. The highest BCUT2D eigenvalue weighted by Crippen LogP contribution is 2.32. The number of anilines is 2. The van der Waals surface area contributed by atoms with E-state index >= 15 is 0 Å². The molecule has 1 aliphatic rings. The lowest BCUT2D eigenvalue weighted by atomic mass is 9.80. The molecule has 0 bridgehead atoms. The summed E-state index contributed by atoms with van der Waals surface area (Å²) in [4.78, 5) is 0. The average molecular weight is 206 g/mol. The summed E-state index contributed by atoms with van der Waals surface area (Å²) in [5, 5.41) is 13.2. The quantitative estimate of drug-likeness (QED) is 0.662. The van der Waals surface area contributed by atoms with Gasteiger partial charge in [-0.1, -0.05) is 6.07 Å². The minimum atomic E-state index is -0.489. The first-order valence-corrected chi connectivity index (χ1v) is 5.42. The van der Waals surface area contributed by atoms with Crippen LogP contribution in [0.15, 0.2) is 18.2 Å². The van der Waals surface area contributed by atoms with Gasteiger partial charge in [-0.2, -0.15) is 0 Å². The van der Waals surface area contributed by atoms with E-state index in [9.17, 15) is 5.11 Å². The van der Waals surface area contributed by atoms with Gasteiger partial charge >= 0.3 is 0 Å². The molecule has 0 spiro atoms. The maximum absolute atomic E-state index is 9.94. The van der Waals surface area contributed by atoms with Crippen molar-refractivity contribution in [2.24, 2.45) is 0 Å². The van der Waals surface area contributed by atoms with Crippen molar-refractivity contribution in [3.63, 3.8) is 0 Å². The van der Waals surface area contributed by atoms with Gasteiger partial charge in [-0.25, -0.2) is 0 Å². The zero-order chi connectivity index (χ0) is 10.9. The Kier molecular flexibility index (Phi) is 2.57. The summed E-state index contributed by atoms with van der Waals surface area (Å²) >= 11 is 0. The van der Waals surface area contributed by atoms with Crippen molar-refractivity contribution in [2.75, 3.05) is 17.6 Å². The number of aliphatic hydroxyl groups is 1. The van der Waals surface area contributed by atoms with Gasteiger partial charge in [0.2, 0.25) is 0 Å². The molecule has 2 rings (SSSR count). The van der Waals surface area contributed by atoms with Gasteiger partial charge in [0.1, 0.15) is 0 Å². The molecule has 0 heterocycles. The molecular formula is C12H18N2O. The second kappa shape index (κ2) is 3.74. The molecule has 1 fully saturated rings. The van der Waals surface area contributed by atoms with Crippen molar-refractivity contribution < 1.29 is 5.11 Å². The largest absolute Gasteiger partial charge is 0.398 e. The Hall–Kier alpha value is -1.22. The first-order chi connectivity index (χ1) is 7.11. The molecular weight excluding hydrogens is 188 g/mol. The molecule has 0 unspecified atom stereocenters. The van der Waals surface area contributed by atoms with Crippen LogP contribution < -0.4 is 11.1 Å². The first-order valence-electron chi connectivity index (χ1n) is 5.42. The number of nitrogen functional groups attached to an aromatic ring is 1. The van der Waals surface area contributed by atoms with E-state index in [-0.39, 0.29) is 0 Å². The Labute approximate surface area is 90.3 Å². The fourth-order valence-electron chi connectivity index (χ4n) is 1.87.